The smallest absolute Gasteiger partial charge is 0.333 e. The van der Waals surface area contributed by atoms with Crippen molar-refractivity contribution in [3.8, 4) is 11.5 Å². The molecule has 0 aliphatic rings. The lowest BCUT2D eigenvalue weighted by molar-refractivity contribution is -0.136. The highest BCUT2D eigenvalue weighted by atomic mass is 16.5. The average molecular weight is 278 g/mol. The molecule has 0 spiro atoms. The van der Waals surface area contributed by atoms with Crippen LogP contribution in [0.2, 0.25) is 0 Å². The predicted octanol–water partition coefficient (Wildman–Crippen LogP) is 2.40. The van der Waals surface area contributed by atoms with E-state index >= 15 is 0 Å². The second-order valence-electron chi connectivity index (χ2n) is 4.11. The van der Waals surface area contributed by atoms with E-state index in [-0.39, 0.29) is 12.4 Å². The van der Waals surface area contributed by atoms with Crippen molar-refractivity contribution in [3.05, 3.63) is 35.4 Å². The van der Waals surface area contributed by atoms with Crippen LogP contribution < -0.4 is 9.47 Å². The Morgan fingerprint density at radius 1 is 1.15 bits per heavy atom. The molecule has 0 unspecified atom stereocenters. The number of ketones is 1. The van der Waals surface area contributed by atoms with Gasteiger partial charge in [-0.3, -0.25) is 4.79 Å². The summed E-state index contributed by atoms with van der Waals surface area (Å²) >= 11 is 0. The zero-order chi connectivity index (χ0) is 15.1. The van der Waals surface area contributed by atoms with Gasteiger partial charge in [0.1, 0.15) is 6.61 Å². The molecule has 0 fully saturated rings. The first-order chi connectivity index (χ1) is 9.49. The van der Waals surface area contributed by atoms with E-state index in [4.69, 9.17) is 9.47 Å². The highest BCUT2D eigenvalue weighted by Crippen LogP contribution is 2.28. The Balaban J connectivity index is 2.78. The van der Waals surface area contributed by atoms with E-state index < -0.39 is 5.97 Å². The summed E-state index contributed by atoms with van der Waals surface area (Å²) in [5.41, 5.74) is 1.02. The first kappa shape index (κ1) is 15.8. The highest BCUT2D eigenvalue weighted by molar-refractivity contribution is 5.94. The molecule has 1 aromatic rings. The summed E-state index contributed by atoms with van der Waals surface area (Å²) in [6, 6.07) is 4.95. The summed E-state index contributed by atoms with van der Waals surface area (Å²) in [5, 5.41) is 0. The lowest BCUT2D eigenvalue weighted by Gasteiger charge is -2.10. The molecule has 108 valence electrons. The third-order valence-corrected chi connectivity index (χ3v) is 2.71. The lowest BCUT2D eigenvalue weighted by atomic mass is 10.1. The Kier molecular flexibility index (Phi) is 5.77. The molecule has 0 saturated heterocycles. The summed E-state index contributed by atoms with van der Waals surface area (Å²) in [6.45, 7) is 3.33. The molecule has 20 heavy (non-hydrogen) atoms. The normalized spacial score (nSPS) is 10.9. The summed E-state index contributed by atoms with van der Waals surface area (Å²) in [4.78, 5) is 22.5. The van der Waals surface area contributed by atoms with Gasteiger partial charge in [0.05, 0.1) is 14.2 Å². The molecule has 0 aromatic heterocycles. The van der Waals surface area contributed by atoms with Gasteiger partial charge < -0.3 is 14.2 Å². The average Bonchev–Trinajstić information content (AvgIpc) is 2.46. The number of carbonyl (C=O) groups excluding carboxylic acids is 2. The first-order valence-electron chi connectivity index (χ1n) is 6.06. The summed E-state index contributed by atoms with van der Waals surface area (Å²) < 4.78 is 15.3. The molecule has 0 N–H and O–H groups in total. The standard InChI is InChI=1S/C15H18O5/c1-10(15(17)19-4)7-8-20-13-6-5-12(11(2)16)9-14(13)18-3/h5-7,9H,8H2,1-4H3. The SMILES string of the molecule is COC(=O)C(C)=CCOc1ccc(C(C)=O)cc1OC. The van der Waals surface area contributed by atoms with Crippen LogP contribution in [-0.4, -0.2) is 32.6 Å². The number of esters is 1. The fraction of sp³-hybridized carbons (Fsp3) is 0.333. The minimum Gasteiger partial charge on any atom is -0.493 e. The van der Waals surface area contributed by atoms with Gasteiger partial charge in [0, 0.05) is 11.1 Å². The number of Topliss-reactive ketones (excluding diaryl/α,β-unsaturated/α-hetero) is 1. The number of hydrogen-bond donors (Lipinski definition) is 0. The van der Waals surface area contributed by atoms with Crippen LogP contribution in [0.5, 0.6) is 11.5 Å². The van der Waals surface area contributed by atoms with Crippen molar-refractivity contribution in [3.63, 3.8) is 0 Å². The molecule has 0 radical (unpaired) electrons. The van der Waals surface area contributed by atoms with Crippen molar-refractivity contribution in [2.45, 2.75) is 13.8 Å². The van der Waals surface area contributed by atoms with E-state index in [0.29, 0.717) is 22.6 Å². The molecule has 0 bridgehead atoms. The third-order valence-electron chi connectivity index (χ3n) is 2.71. The van der Waals surface area contributed by atoms with Gasteiger partial charge in [-0.2, -0.15) is 0 Å². The highest BCUT2D eigenvalue weighted by Gasteiger charge is 2.08. The maximum atomic E-state index is 11.3. The van der Waals surface area contributed by atoms with Crippen LogP contribution in [0.4, 0.5) is 0 Å². The van der Waals surface area contributed by atoms with E-state index in [1.165, 1.54) is 21.1 Å². The second-order valence-corrected chi connectivity index (χ2v) is 4.11. The van der Waals surface area contributed by atoms with E-state index in [1.54, 1.807) is 31.2 Å². The largest absolute Gasteiger partial charge is 0.493 e. The van der Waals surface area contributed by atoms with Crippen LogP contribution >= 0.6 is 0 Å². The molecule has 1 aromatic carbocycles. The van der Waals surface area contributed by atoms with Gasteiger partial charge >= 0.3 is 5.97 Å². The van der Waals surface area contributed by atoms with Crippen molar-refractivity contribution in [1.82, 2.24) is 0 Å². The Morgan fingerprint density at radius 2 is 1.85 bits per heavy atom. The Bertz CT molecular complexity index is 531. The molecule has 0 aliphatic carbocycles. The Morgan fingerprint density at radius 3 is 2.40 bits per heavy atom. The predicted molar refractivity (Wildman–Crippen MR) is 74.3 cm³/mol. The van der Waals surface area contributed by atoms with Crippen molar-refractivity contribution in [2.75, 3.05) is 20.8 Å². The minimum atomic E-state index is -0.396. The zero-order valence-corrected chi connectivity index (χ0v) is 12.1. The quantitative estimate of drug-likeness (QED) is 0.454. The number of ether oxygens (including phenoxy) is 3. The zero-order valence-electron chi connectivity index (χ0n) is 12.1. The van der Waals surface area contributed by atoms with Crippen molar-refractivity contribution < 1.29 is 23.8 Å². The molecular formula is C15H18O5. The number of methoxy groups -OCH3 is 2. The molecule has 0 atom stereocenters. The topological polar surface area (TPSA) is 61.8 Å². The number of rotatable bonds is 6. The van der Waals surface area contributed by atoms with E-state index in [1.807, 2.05) is 0 Å². The summed E-state index contributed by atoms with van der Waals surface area (Å²) in [5.74, 6) is 0.539. The van der Waals surface area contributed by atoms with Crippen LogP contribution in [0, 0.1) is 0 Å². The van der Waals surface area contributed by atoms with E-state index in [0.717, 1.165) is 0 Å². The van der Waals surface area contributed by atoms with Crippen LogP contribution in [-0.2, 0) is 9.53 Å². The number of carbonyl (C=O) groups is 2. The fourth-order valence-electron chi connectivity index (χ4n) is 1.51. The molecule has 0 heterocycles. The van der Waals surface area contributed by atoms with Crippen LogP contribution in [0.15, 0.2) is 29.8 Å². The van der Waals surface area contributed by atoms with Crippen molar-refractivity contribution >= 4 is 11.8 Å². The van der Waals surface area contributed by atoms with Crippen LogP contribution in [0.25, 0.3) is 0 Å². The third kappa shape index (κ3) is 4.12. The lowest BCUT2D eigenvalue weighted by Crippen LogP contribution is -2.04. The maximum absolute atomic E-state index is 11.3. The van der Waals surface area contributed by atoms with E-state index in [2.05, 4.69) is 4.74 Å². The molecule has 5 nitrogen and oxygen atoms in total. The van der Waals surface area contributed by atoms with Crippen LogP contribution in [0.3, 0.4) is 0 Å². The molecule has 0 amide bonds. The number of benzene rings is 1. The number of hydrogen-bond acceptors (Lipinski definition) is 5. The minimum absolute atomic E-state index is 0.0451. The van der Waals surface area contributed by atoms with Gasteiger partial charge in [-0.25, -0.2) is 4.79 Å². The van der Waals surface area contributed by atoms with Crippen LogP contribution in [0.1, 0.15) is 24.2 Å². The van der Waals surface area contributed by atoms with Gasteiger partial charge in [-0.05, 0) is 38.1 Å². The van der Waals surface area contributed by atoms with Gasteiger partial charge in [0.2, 0.25) is 0 Å². The van der Waals surface area contributed by atoms with E-state index in [9.17, 15) is 9.59 Å². The second kappa shape index (κ2) is 7.33. The van der Waals surface area contributed by atoms with Crippen molar-refractivity contribution in [1.29, 1.82) is 0 Å². The monoisotopic (exact) mass is 278 g/mol. The Labute approximate surface area is 118 Å². The van der Waals surface area contributed by atoms with Crippen molar-refractivity contribution in [2.24, 2.45) is 0 Å². The fourth-order valence-corrected chi connectivity index (χ4v) is 1.51. The maximum Gasteiger partial charge on any atom is 0.333 e. The summed E-state index contributed by atoms with van der Waals surface area (Å²) in [7, 11) is 2.83. The van der Waals surface area contributed by atoms with Gasteiger partial charge in [-0.15, -0.1) is 0 Å². The molecule has 0 aliphatic heterocycles. The van der Waals surface area contributed by atoms with Gasteiger partial charge in [0.15, 0.2) is 17.3 Å². The summed E-state index contributed by atoms with van der Waals surface area (Å²) in [6.07, 6.45) is 1.62. The van der Waals surface area contributed by atoms with Gasteiger partial charge in [0.25, 0.3) is 0 Å². The molecule has 0 saturated carbocycles. The molecular weight excluding hydrogens is 260 g/mol. The molecule has 1 rings (SSSR count). The Hall–Kier alpha value is -2.30. The molecule has 5 heteroatoms. The first-order valence-corrected chi connectivity index (χ1v) is 6.06. The van der Waals surface area contributed by atoms with Gasteiger partial charge in [-0.1, -0.05) is 0 Å².